The predicted octanol–water partition coefficient (Wildman–Crippen LogP) is 3.85. The van der Waals surface area contributed by atoms with Gasteiger partial charge in [0.15, 0.2) is 0 Å². The number of sulfonamides is 1. The molecule has 162 valence electrons. The molecule has 1 aliphatic rings. The monoisotopic (exact) mass is 450 g/mol. The van der Waals surface area contributed by atoms with Crippen LogP contribution < -0.4 is 10.1 Å². The third-order valence-corrected chi connectivity index (χ3v) is 7.39. The second kappa shape index (κ2) is 10.3. The molecule has 0 spiro atoms. The lowest BCUT2D eigenvalue weighted by atomic mass is 9.94. The van der Waals surface area contributed by atoms with Crippen molar-refractivity contribution in [3.63, 3.8) is 0 Å². The lowest BCUT2D eigenvalue weighted by Crippen LogP contribution is -2.39. The number of rotatable bonds is 8. The zero-order valence-electron chi connectivity index (χ0n) is 17.0. The molecular weight excluding hydrogens is 424 g/mol. The van der Waals surface area contributed by atoms with Gasteiger partial charge in [0.1, 0.15) is 5.75 Å². The molecule has 0 saturated carbocycles. The smallest absolute Gasteiger partial charge is 0.243 e. The minimum atomic E-state index is -3.52. The van der Waals surface area contributed by atoms with Crippen LogP contribution in [0.2, 0.25) is 5.02 Å². The molecule has 3 rings (SSSR count). The molecular formula is C22H27ClN2O4S. The van der Waals surface area contributed by atoms with Gasteiger partial charge in [-0.3, -0.25) is 4.79 Å². The van der Waals surface area contributed by atoms with Gasteiger partial charge in [-0.1, -0.05) is 23.7 Å². The summed E-state index contributed by atoms with van der Waals surface area (Å²) in [6, 6.07) is 13.9. The molecule has 1 fully saturated rings. The minimum absolute atomic E-state index is 0.0112. The summed E-state index contributed by atoms with van der Waals surface area (Å²) in [6.45, 7) is 3.86. The Hall–Kier alpha value is -2.09. The van der Waals surface area contributed by atoms with Crippen LogP contribution in [0.15, 0.2) is 53.4 Å². The lowest BCUT2D eigenvalue weighted by molar-refractivity contribution is -0.122. The Bertz CT molecular complexity index is 938. The Labute approximate surface area is 183 Å². The quantitative estimate of drug-likeness (QED) is 0.662. The number of piperidine rings is 1. The van der Waals surface area contributed by atoms with E-state index in [2.05, 4.69) is 5.32 Å². The topological polar surface area (TPSA) is 75.7 Å². The van der Waals surface area contributed by atoms with Crippen molar-refractivity contribution < 1.29 is 17.9 Å². The van der Waals surface area contributed by atoms with Gasteiger partial charge in [0.2, 0.25) is 15.9 Å². The lowest BCUT2D eigenvalue weighted by Gasteiger charge is -2.31. The van der Waals surface area contributed by atoms with Crippen LogP contribution in [-0.2, 0) is 21.4 Å². The van der Waals surface area contributed by atoms with E-state index >= 15 is 0 Å². The fourth-order valence-corrected chi connectivity index (χ4v) is 5.11. The average molecular weight is 451 g/mol. The predicted molar refractivity (Wildman–Crippen MR) is 117 cm³/mol. The number of benzene rings is 2. The number of halogens is 1. The van der Waals surface area contributed by atoms with Gasteiger partial charge in [-0.15, -0.1) is 0 Å². The number of nitrogens with zero attached hydrogens (tertiary/aromatic N) is 1. The maximum atomic E-state index is 12.7. The first-order chi connectivity index (χ1) is 14.4. The maximum Gasteiger partial charge on any atom is 0.243 e. The van der Waals surface area contributed by atoms with Gasteiger partial charge in [0, 0.05) is 31.1 Å². The standard InChI is InChI=1S/C22H27ClN2O4S/c1-2-29-20-7-3-18(4-8-20)16-24-22(26)15-17-11-13-25(14-12-17)30(27,28)21-9-5-19(23)6-10-21/h3-10,17H,2,11-16H2,1H3,(H,24,26). The van der Waals surface area contributed by atoms with Crippen LogP contribution in [0.5, 0.6) is 5.75 Å². The van der Waals surface area contributed by atoms with E-state index in [1.54, 1.807) is 12.1 Å². The summed E-state index contributed by atoms with van der Waals surface area (Å²) >= 11 is 5.85. The molecule has 0 radical (unpaired) electrons. The summed E-state index contributed by atoms with van der Waals surface area (Å²) in [6.07, 6.45) is 1.75. The fraction of sp³-hybridized carbons (Fsp3) is 0.409. The van der Waals surface area contributed by atoms with Crippen molar-refractivity contribution >= 4 is 27.5 Å². The highest BCUT2D eigenvalue weighted by molar-refractivity contribution is 7.89. The molecule has 8 heteroatoms. The highest BCUT2D eigenvalue weighted by Gasteiger charge is 2.30. The summed E-state index contributed by atoms with van der Waals surface area (Å²) in [5, 5.41) is 3.45. The Morgan fingerprint density at radius 3 is 2.33 bits per heavy atom. The molecule has 0 aliphatic carbocycles. The Morgan fingerprint density at radius 1 is 1.10 bits per heavy atom. The molecule has 2 aromatic rings. The van der Waals surface area contributed by atoms with Crippen molar-refractivity contribution in [1.82, 2.24) is 9.62 Å². The van der Waals surface area contributed by atoms with Gasteiger partial charge in [0.05, 0.1) is 11.5 Å². The van der Waals surface area contributed by atoms with Crippen LogP contribution in [0.4, 0.5) is 0 Å². The van der Waals surface area contributed by atoms with E-state index in [1.807, 2.05) is 31.2 Å². The van der Waals surface area contributed by atoms with Crippen LogP contribution in [0, 0.1) is 5.92 Å². The number of hydrogen-bond acceptors (Lipinski definition) is 4. The van der Waals surface area contributed by atoms with Crippen LogP contribution in [-0.4, -0.2) is 38.3 Å². The van der Waals surface area contributed by atoms with Crippen molar-refractivity contribution in [3.05, 3.63) is 59.1 Å². The number of nitrogens with one attached hydrogen (secondary N) is 1. The van der Waals surface area contributed by atoms with E-state index in [9.17, 15) is 13.2 Å². The van der Waals surface area contributed by atoms with Crippen molar-refractivity contribution in [2.24, 2.45) is 5.92 Å². The first-order valence-electron chi connectivity index (χ1n) is 10.1. The molecule has 6 nitrogen and oxygen atoms in total. The highest BCUT2D eigenvalue weighted by atomic mass is 35.5. The Morgan fingerprint density at radius 2 is 1.73 bits per heavy atom. The van der Waals surface area contributed by atoms with Gasteiger partial charge in [-0.05, 0) is 67.6 Å². The zero-order chi connectivity index (χ0) is 21.6. The highest BCUT2D eigenvalue weighted by Crippen LogP contribution is 2.26. The van der Waals surface area contributed by atoms with Crippen LogP contribution in [0.3, 0.4) is 0 Å². The SMILES string of the molecule is CCOc1ccc(CNC(=O)CC2CCN(S(=O)(=O)c3ccc(Cl)cc3)CC2)cc1. The van der Waals surface area contributed by atoms with Crippen molar-refractivity contribution in [1.29, 1.82) is 0 Å². The number of carbonyl (C=O) groups excluding carboxylic acids is 1. The molecule has 1 saturated heterocycles. The molecule has 30 heavy (non-hydrogen) atoms. The van der Waals surface area contributed by atoms with E-state index in [-0.39, 0.29) is 16.7 Å². The first kappa shape index (κ1) is 22.6. The van der Waals surface area contributed by atoms with Crippen LogP contribution >= 0.6 is 11.6 Å². The normalized spacial score (nSPS) is 15.7. The van der Waals surface area contributed by atoms with Crippen molar-refractivity contribution in [3.8, 4) is 5.75 Å². The molecule has 1 N–H and O–H groups in total. The van der Waals surface area contributed by atoms with E-state index in [4.69, 9.17) is 16.3 Å². The van der Waals surface area contributed by atoms with Crippen LogP contribution in [0.25, 0.3) is 0 Å². The number of hydrogen-bond donors (Lipinski definition) is 1. The van der Waals surface area contributed by atoms with E-state index in [0.29, 0.717) is 50.5 Å². The second-order valence-electron chi connectivity index (χ2n) is 7.36. The zero-order valence-corrected chi connectivity index (χ0v) is 18.6. The maximum absolute atomic E-state index is 12.7. The van der Waals surface area contributed by atoms with Crippen molar-refractivity contribution in [2.75, 3.05) is 19.7 Å². The third kappa shape index (κ3) is 5.97. The van der Waals surface area contributed by atoms with Gasteiger partial charge in [0.25, 0.3) is 0 Å². The molecule has 0 unspecified atom stereocenters. The van der Waals surface area contributed by atoms with Gasteiger partial charge >= 0.3 is 0 Å². The number of ether oxygens (including phenoxy) is 1. The van der Waals surface area contributed by atoms with Crippen molar-refractivity contribution in [2.45, 2.75) is 37.6 Å². The van der Waals surface area contributed by atoms with E-state index in [1.165, 1.54) is 16.4 Å². The Kier molecular flexibility index (Phi) is 7.75. The van der Waals surface area contributed by atoms with Crippen LogP contribution in [0.1, 0.15) is 31.7 Å². The Balaban J connectivity index is 1.44. The van der Waals surface area contributed by atoms with E-state index < -0.39 is 10.0 Å². The fourth-order valence-electron chi connectivity index (χ4n) is 3.51. The summed E-state index contributed by atoms with van der Waals surface area (Å²) in [4.78, 5) is 12.6. The molecule has 0 aromatic heterocycles. The van der Waals surface area contributed by atoms with Gasteiger partial charge in [-0.25, -0.2) is 8.42 Å². The number of carbonyl (C=O) groups is 1. The summed E-state index contributed by atoms with van der Waals surface area (Å²) in [7, 11) is -3.52. The second-order valence-corrected chi connectivity index (χ2v) is 9.73. The largest absolute Gasteiger partial charge is 0.494 e. The van der Waals surface area contributed by atoms with Gasteiger partial charge < -0.3 is 10.1 Å². The molecule has 2 aromatic carbocycles. The summed E-state index contributed by atoms with van der Waals surface area (Å²) in [5.74, 6) is 0.984. The van der Waals surface area contributed by atoms with E-state index in [0.717, 1.165) is 11.3 Å². The first-order valence-corrected chi connectivity index (χ1v) is 11.9. The number of amides is 1. The molecule has 0 atom stereocenters. The minimum Gasteiger partial charge on any atom is -0.494 e. The summed E-state index contributed by atoms with van der Waals surface area (Å²) < 4.78 is 32.4. The molecule has 1 heterocycles. The summed E-state index contributed by atoms with van der Waals surface area (Å²) in [5.41, 5.74) is 1.01. The average Bonchev–Trinajstić information content (AvgIpc) is 2.74. The molecule has 1 aliphatic heterocycles. The molecule has 1 amide bonds. The van der Waals surface area contributed by atoms with Gasteiger partial charge in [-0.2, -0.15) is 4.31 Å². The molecule has 0 bridgehead atoms. The third-order valence-electron chi connectivity index (χ3n) is 5.22.